The number of rotatable bonds is 4. The Kier molecular flexibility index (Phi) is 4.11. The van der Waals surface area contributed by atoms with E-state index < -0.39 is 0 Å². The van der Waals surface area contributed by atoms with E-state index in [9.17, 15) is 4.79 Å². The summed E-state index contributed by atoms with van der Waals surface area (Å²) in [6.07, 6.45) is 0. The van der Waals surface area contributed by atoms with E-state index in [0.717, 1.165) is 0 Å². The lowest BCUT2D eigenvalue weighted by molar-refractivity contribution is -0.121. The fraction of sp³-hybridized carbons (Fsp3) is 0.875. The number of carbonyl (C=O) groups is 1. The van der Waals surface area contributed by atoms with Gasteiger partial charge in [0.05, 0.1) is 6.04 Å². The van der Waals surface area contributed by atoms with Crippen LogP contribution < -0.4 is 11.1 Å². The third-order valence-electron chi connectivity index (χ3n) is 1.49. The molecule has 0 rings (SSSR count). The van der Waals surface area contributed by atoms with Crippen molar-refractivity contribution in [3.63, 3.8) is 0 Å². The molecule has 66 valence electrons. The number of carbonyl (C=O) groups excluding carboxylic acids is 1. The molecular formula is C8H18N2O. The number of amides is 1. The quantitative estimate of drug-likeness (QED) is 0.625. The van der Waals surface area contributed by atoms with Gasteiger partial charge in [0.25, 0.3) is 0 Å². The van der Waals surface area contributed by atoms with Gasteiger partial charge in [-0.15, -0.1) is 0 Å². The minimum Gasteiger partial charge on any atom is -0.368 e. The summed E-state index contributed by atoms with van der Waals surface area (Å²) in [6, 6.07) is 0.102. The molecule has 0 heterocycles. The van der Waals surface area contributed by atoms with Gasteiger partial charge in [-0.25, -0.2) is 0 Å². The standard InChI is InChI=1S/C8H18N2O/c1-5(2)7(8(9)11)10-6(3)4/h5-7,10H,1-4H3,(H2,9,11)/t7-/m0/s1. The second-order valence-corrected chi connectivity index (χ2v) is 3.45. The van der Waals surface area contributed by atoms with Crippen LogP contribution in [0.1, 0.15) is 27.7 Å². The molecule has 3 N–H and O–H groups in total. The summed E-state index contributed by atoms with van der Waals surface area (Å²) in [5.41, 5.74) is 5.18. The lowest BCUT2D eigenvalue weighted by Gasteiger charge is -2.21. The largest absolute Gasteiger partial charge is 0.368 e. The molecule has 0 fully saturated rings. The first-order valence-electron chi connectivity index (χ1n) is 4.00. The average Bonchev–Trinajstić information content (AvgIpc) is 1.81. The van der Waals surface area contributed by atoms with Crippen molar-refractivity contribution < 1.29 is 4.79 Å². The molecule has 0 saturated carbocycles. The van der Waals surface area contributed by atoms with Crippen LogP contribution >= 0.6 is 0 Å². The second-order valence-electron chi connectivity index (χ2n) is 3.45. The zero-order chi connectivity index (χ0) is 9.02. The number of primary amides is 1. The van der Waals surface area contributed by atoms with Crippen molar-refractivity contribution in [1.82, 2.24) is 5.32 Å². The van der Waals surface area contributed by atoms with Crippen LogP contribution in [0.4, 0.5) is 0 Å². The highest BCUT2D eigenvalue weighted by Gasteiger charge is 2.19. The molecule has 0 aliphatic heterocycles. The minimum absolute atomic E-state index is 0.199. The SMILES string of the molecule is CC(C)N[C@H](C(N)=O)C(C)C. The Bertz CT molecular complexity index is 132. The van der Waals surface area contributed by atoms with E-state index in [-0.39, 0.29) is 17.9 Å². The molecule has 3 heteroatoms. The molecule has 0 aliphatic carbocycles. The molecule has 0 unspecified atom stereocenters. The molecule has 0 saturated heterocycles. The first kappa shape index (κ1) is 10.4. The van der Waals surface area contributed by atoms with Gasteiger partial charge in [0, 0.05) is 6.04 Å². The molecule has 0 aromatic heterocycles. The predicted molar refractivity (Wildman–Crippen MR) is 46.1 cm³/mol. The van der Waals surface area contributed by atoms with Crippen molar-refractivity contribution in [3.8, 4) is 0 Å². The molecule has 11 heavy (non-hydrogen) atoms. The van der Waals surface area contributed by atoms with E-state index >= 15 is 0 Å². The van der Waals surface area contributed by atoms with Crippen LogP contribution in [0.2, 0.25) is 0 Å². The van der Waals surface area contributed by atoms with Crippen LogP contribution in [-0.2, 0) is 4.79 Å². The van der Waals surface area contributed by atoms with E-state index in [1.165, 1.54) is 0 Å². The number of nitrogens with two attached hydrogens (primary N) is 1. The van der Waals surface area contributed by atoms with Gasteiger partial charge in [0.1, 0.15) is 0 Å². The fourth-order valence-corrected chi connectivity index (χ4v) is 0.962. The minimum atomic E-state index is -0.270. The van der Waals surface area contributed by atoms with E-state index in [0.29, 0.717) is 6.04 Å². The molecule has 0 radical (unpaired) electrons. The molecule has 3 nitrogen and oxygen atoms in total. The Morgan fingerprint density at radius 2 is 1.73 bits per heavy atom. The summed E-state index contributed by atoms with van der Waals surface area (Å²) < 4.78 is 0. The predicted octanol–water partition coefficient (Wildman–Crippen LogP) is 0.494. The van der Waals surface area contributed by atoms with Gasteiger partial charge < -0.3 is 11.1 Å². The number of hydrogen-bond acceptors (Lipinski definition) is 2. The Morgan fingerprint density at radius 3 is 1.82 bits per heavy atom. The van der Waals surface area contributed by atoms with Gasteiger partial charge >= 0.3 is 0 Å². The summed E-state index contributed by atoms with van der Waals surface area (Å²) in [4.78, 5) is 10.8. The van der Waals surface area contributed by atoms with E-state index in [4.69, 9.17) is 5.73 Å². The third-order valence-corrected chi connectivity index (χ3v) is 1.49. The Balaban J connectivity index is 4.01. The van der Waals surface area contributed by atoms with Crippen LogP contribution in [0, 0.1) is 5.92 Å². The highest BCUT2D eigenvalue weighted by molar-refractivity contribution is 5.80. The average molecular weight is 158 g/mol. The van der Waals surface area contributed by atoms with Gasteiger partial charge in [-0.05, 0) is 5.92 Å². The van der Waals surface area contributed by atoms with E-state index in [2.05, 4.69) is 5.32 Å². The zero-order valence-corrected chi connectivity index (χ0v) is 7.72. The molecule has 0 bridgehead atoms. The highest BCUT2D eigenvalue weighted by atomic mass is 16.1. The van der Waals surface area contributed by atoms with Gasteiger partial charge in [-0.2, -0.15) is 0 Å². The van der Waals surface area contributed by atoms with Crippen molar-refractivity contribution in [3.05, 3.63) is 0 Å². The van der Waals surface area contributed by atoms with Crippen molar-refractivity contribution >= 4 is 5.91 Å². The first-order valence-corrected chi connectivity index (χ1v) is 4.00. The van der Waals surface area contributed by atoms with Gasteiger partial charge in [-0.3, -0.25) is 4.79 Å². The Morgan fingerprint density at radius 1 is 1.27 bits per heavy atom. The highest BCUT2D eigenvalue weighted by Crippen LogP contribution is 2.01. The fourth-order valence-electron chi connectivity index (χ4n) is 0.962. The maximum absolute atomic E-state index is 10.8. The molecule has 0 aromatic rings. The topological polar surface area (TPSA) is 55.1 Å². The first-order chi connectivity index (χ1) is 4.95. The second kappa shape index (κ2) is 4.34. The molecule has 0 aliphatic rings. The summed E-state index contributed by atoms with van der Waals surface area (Å²) in [5, 5.41) is 3.10. The van der Waals surface area contributed by atoms with Crippen LogP contribution in [0.5, 0.6) is 0 Å². The molecule has 0 spiro atoms. The molecular weight excluding hydrogens is 140 g/mol. The lowest BCUT2D eigenvalue weighted by atomic mass is 10.0. The molecule has 0 aromatic carbocycles. The van der Waals surface area contributed by atoms with Crippen molar-refractivity contribution in [2.24, 2.45) is 11.7 Å². The Labute approximate surface area is 68.3 Å². The number of nitrogens with one attached hydrogen (secondary N) is 1. The maximum atomic E-state index is 10.8. The van der Waals surface area contributed by atoms with Gasteiger partial charge in [0.15, 0.2) is 0 Å². The van der Waals surface area contributed by atoms with E-state index in [1.807, 2.05) is 27.7 Å². The summed E-state index contributed by atoms with van der Waals surface area (Å²) in [6.45, 7) is 7.95. The van der Waals surface area contributed by atoms with Crippen molar-refractivity contribution in [1.29, 1.82) is 0 Å². The Hall–Kier alpha value is -0.570. The van der Waals surface area contributed by atoms with Crippen LogP contribution in [0.25, 0.3) is 0 Å². The van der Waals surface area contributed by atoms with Crippen LogP contribution in [-0.4, -0.2) is 18.0 Å². The van der Waals surface area contributed by atoms with Crippen LogP contribution in [0.15, 0.2) is 0 Å². The monoisotopic (exact) mass is 158 g/mol. The molecule has 1 amide bonds. The zero-order valence-electron chi connectivity index (χ0n) is 7.72. The van der Waals surface area contributed by atoms with E-state index in [1.54, 1.807) is 0 Å². The normalized spacial score (nSPS) is 14.0. The van der Waals surface area contributed by atoms with Crippen LogP contribution in [0.3, 0.4) is 0 Å². The van der Waals surface area contributed by atoms with Crippen molar-refractivity contribution in [2.45, 2.75) is 39.8 Å². The summed E-state index contributed by atoms with van der Waals surface area (Å²) in [7, 11) is 0. The molecule has 1 atom stereocenters. The summed E-state index contributed by atoms with van der Waals surface area (Å²) >= 11 is 0. The lowest BCUT2D eigenvalue weighted by Crippen LogP contribution is -2.47. The summed E-state index contributed by atoms with van der Waals surface area (Å²) in [5.74, 6) is -0.0106. The number of hydrogen-bond donors (Lipinski definition) is 2. The van der Waals surface area contributed by atoms with Gasteiger partial charge in [-0.1, -0.05) is 27.7 Å². The third kappa shape index (κ3) is 3.98. The van der Waals surface area contributed by atoms with Crippen molar-refractivity contribution in [2.75, 3.05) is 0 Å². The van der Waals surface area contributed by atoms with Gasteiger partial charge in [0.2, 0.25) is 5.91 Å². The smallest absolute Gasteiger partial charge is 0.234 e. The maximum Gasteiger partial charge on any atom is 0.234 e.